The fraction of sp³-hybridized carbons (Fsp3) is 0.333. The number of aromatic nitrogens is 1. The molecule has 98 valence electrons. The molecule has 0 bridgehead atoms. The number of ether oxygens (including phenoxy) is 2. The third kappa shape index (κ3) is 2.19. The van der Waals surface area contributed by atoms with Gasteiger partial charge in [-0.3, -0.25) is 4.98 Å². The first kappa shape index (κ1) is 12.1. The summed E-state index contributed by atoms with van der Waals surface area (Å²) in [7, 11) is 1.39. The fourth-order valence-corrected chi connectivity index (χ4v) is 2.49. The zero-order chi connectivity index (χ0) is 13.2. The molecule has 1 fully saturated rings. The molecule has 0 aliphatic carbocycles. The Kier molecular flexibility index (Phi) is 3.17. The average Bonchev–Trinajstić information content (AvgIpc) is 2.99. The van der Waals surface area contributed by atoms with E-state index < -0.39 is 0 Å². The van der Waals surface area contributed by atoms with Gasteiger partial charge in [-0.1, -0.05) is 6.07 Å². The monoisotopic (exact) mass is 257 g/mol. The summed E-state index contributed by atoms with van der Waals surface area (Å²) in [4.78, 5) is 16.1. The van der Waals surface area contributed by atoms with Crippen LogP contribution in [-0.2, 0) is 9.47 Å². The van der Waals surface area contributed by atoms with E-state index >= 15 is 0 Å². The zero-order valence-electron chi connectivity index (χ0n) is 10.8. The van der Waals surface area contributed by atoms with Gasteiger partial charge in [-0.05, 0) is 36.6 Å². The van der Waals surface area contributed by atoms with Crippen molar-refractivity contribution in [2.24, 2.45) is 0 Å². The number of pyridine rings is 1. The summed E-state index contributed by atoms with van der Waals surface area (Å²) in [5.74, 6) is -0.336. The van der Waals surface area contributed by atoms with Crippen molar-refractivity contribution >= 4 is 16.9 Å². The molecule has 1 aliphatic heterocycles. The second-order valence-electron chi connectivity index (χ2n) is 4.63. The van der Waals surface area contributed by atoms with Crippen LogP contribution < -0.4 is 0 Å². The molecule has 2 heterocycles. The van der Waals surface area contributed by atoms with E-state index in [4.69, 9.17) is 9.47 Å². The summed E-state index contributed by atoms with van der Waals surface area (Å²) in [6, 6.07) is 7.63. The quantitative estimate of drug-likeness (QED) is 0.776. The molecule has 1 aliphatic rings. The number of fused-ring (bicyclic) bond motifs is 1. The molecule has 0 amide bonds. The molecule has 1 atom stereocenters. The smallest absolute Gasteiger partial charge is 0.338 e. The van der Waals surface area contributed by atoms with Crippen LogP contribution in [0.3, 0.4) is 0 Å². The molecule has 4 nitrogen and oxygen atoms in total. The summed E-state index contributed by atoms with van der Waals surface area (Å²) in [6.07, 6.45) is 3.87. The molecule has 1 saturated heterocycles. The van der Waals surface area contributed by atoms with Crippen LogP contribution in [0.15, 0.2) is 30.5 Å². The normalized spacial score (nSPS) is 18.7. The zero-order valence-corrected chi connectivity index (χ0v) is 10.8. The maximum atomic E-state index is 11.8. The number of carbonyl (C=O) groups excluding carboxylic acids is 1. The van der Waals surface area contributed by atoms with Crippen molar-refractivity contribution in [3.8, 4) is 0 Å². The highest BCUT2D eigenvalue weighted by Gasteiger charge is 2.19. The summed E-state index contributed by atoms with van der Waals surface area (Å²) >= 11 is 0. The van der Waals surface area contributed by atoms with Gasteiger partial charge in [0.25, 0.3) is 0 Å². The van der Waals surface area contributed by atoms with Gasteiger partial charge in [0.05, 0.1) is 24.3 Å². The largest absolute Gasteiger partial charge is 0.465 e. The number of benzene rings is 1. The van der Waals surface area contributed by atoms with Gasteiger partial charge in [-0.15, -0.1) is 0 Å². The van der Waals surface area contributed by atoms with Gasteiger partial charge in [0.2, 0.25) is 0 Å². The van der Waals surface area contributed by atoms with Gasteiger partial charge in [-0.2, -0.15) is 0 Å². The third-order valence-electron chi connectivity index (χ3n) is 3.47. The summed E-state index contributed by atoms with van der Waals surface area (Å²) in [5, 5.41) is 0.822. The van der Waals surface area contributed by atoms with Crippen LogP contribution in [0.25, 0.3) is 10.9 Å². The predicted octanol–water partition coefficient (Wildman–Crippen LogP) is 2.87. The molecule has 1 unspecified atom stereocenters. The van der Waals surface area contributed by atoms with Crippen LogP contribution in [-0.4, -0.2) is 24.7 Å². The van der Waals surface area contributed by atoms with E-state index in [0.29, 0.717) is 5.56 Å². The molecule has 2 aromatic rings. The van der Waals surface area contributed by atoms with E-state index in [1.54, 1.807) is 12.3 Å². The number of rotatable bonds is 2. The van der Waals surface area contributed by atoms with Gasteiger partial charge in [-0.25, -0.2) is 4.79 Å². The first-order valence-electron chi connectivity index (χ1n) is 6.38. The molecule has 1 aromatic heterocycles. The maximum Gasteiger partial charge on any atom is 0.338 e. The van der Waals surface area contributed by atoms with Crippen LogP contribution in [0.5, 0.6) is 0 Å². The van der Waals surface area contributed by atoms with E-state index in [1.165, 1.54) is 7.11 Å². The Bertz CT molecular complexity index is 618. The molecular weight excluding hydrogens is 242 g/mol. The van der Waals surface area contributed by atoms with Crippen molar-refractivity contribution in [1.82, 2.24) is 4.98 Å². The topological polar surface area (TPSA) is 48.4 Å². The Balaban J connectivity index is 2.11. The van der Waals surface area contributed by atoms with Gasteiger partial charge in [0.15, 0.2) is 0 Å². The molecule has 0 radical (unpaired) electrons. The van der Waals surface area contributed by atoms with E-state index in [0.717, 1.165) is 35.9 Å². The van der Waals surface area contributed by atoms with E-state index in [2.05, 4.69) is 4.98 Å². The standard InChI is InChI=1S/C15H15NO3/c1-18-15(17)11-6-7-16-13-5-4-10(9-12(11)13)14-3-2-8-19-14/h4-7,9,14H,2-3,8H2,1H3. The Morgan fingerprint density at radius 2 is 2.32 bits per heavy atom. The highest BCUT2D eigenvalue weighted by Crippen LogP contribution is 2.31. The molecule has 0 saturated carbocycles. The summed E-state index contributed by atoms with van der Waals surface area (Å²) < 4.78 is 10.5. The number of methoxy groups -OCH3 is 1. The Morgan fingerprint density at radius 3 is 3.05 bits per heavy atom. The van der Waals surface area contributed by atoms with Crippen LogP contribution in [0.4, 0.5) is 0 Å². The van der Waals surface area contributed by atoms with Crippen molar-refractivity contribution in [2.75, 3.05) is 13.7 Å². The molecule has 4 heteroatoms. The summed E-state index contributed by atoms with van der Waals surface area (Å²) in [5.41, 5.74) is 2.44. The van der Waals surface area contributed by atoms with Crippen LogP contribution in [0.1, 0.15) is 34.9 Å². The van der Waals surface area contributed by atoms with Crippen LogP contribution in [0, 0.1) is 0 Å². The van der Waals surface area contributed by atoms with Gasteiger partial charge in [0.1, 0.15) is 0 Å². The first-order chi connectivity index (χ1) is 9.29. The Hall–Kier alpha value is -1.94. The number of esters is 1. The predicted molar refractivity (Wildman–Crippen MR) is 71.0 cm³/mol. The van der Waals surface area contributed by atoms with Crippen molar-refractivity contribution in [3.63, 3.8) is 0 Å². The molecule has 0 spiro atoms. The lowest BCUT2D eigenvalue weighted by Gasteiger charge is -2.11. The Morgan fingerprint density at radius 1 is 1.42 bits per heavy atom. The second-order valence-corrected chi connectivity index (χ2v) is 4.63. The number of nitrogens with zero attached hydrogens (tertiary/aromatic N) is 1. The van der Waals surface area contributed by atoms with E-state index in [-0.39, 0.29) is 12.1 Å². The van der Waals surface area contributed by atoms with Gasteiger partial charge < -0.3 is 9.47 Å². The molecule has 19 heavy (non-hydrogen) atoms. The van der Waals surface area contributed by atoms with Gasteiger partial charge >= 0.3 is 5.97 Å². The lowest BCUT2D eigenvalue weighted by molar-refractivity contribution is 0.0603. The Labute approximate surface area is 111 Å². The van der Waals surface area contributed by atoms with E-state index in [1.807, 2.05) is 18.2 Å². The molecule has 0 N–H and O–H groups in total. The lowest BCUT2D eigenvalue weighted by atomic mass is 10.0. The molecular formula is C15H15NO3. The minimum atomic E-state index is -0.336. The highest BCUT2D eigenvalue weighted by atomic mass is 16.5. The number of carbonyl (C=O) groups is 1. The van der Waals surface area contributed by atoms with Crippen molar-refractivity contribution in [3.05, 3.63) is 41.6 Å². The first-order valence-corrected chi connectivity index (χ1v) is 6.38. The SMILES string of the molecule is COC(=O)c1ccnc2ccc(C3CCCO3)cc12. The minimum absolute atomic E-state index is 0.134. The van der Waals surface area contributed by atoms with Crippen molar-refractivity contribution < 1.29 is 14.3 Å². The minimum Gasteiger partial charge on any atom is -0.465 e. The van der Waals surface area contributed by atoms with Crippen LogP contribution in [0.2, 0.25) is 0 Å². The number of hydrogen-bond acceptors (Lipinski definition) is 4. The maximum absolute atomic E-state index is 11.8. The third-order valence-corrected chi connectivity index (χ3v) is 3.47. The van der Waals surface area contributed by atoms with Crippen molar-refractivity contribution in [1.29, 1.82) is 0 Å². The van der Waals surface area contributed by atoms with Crippen LogP contribution >= 0.6 is 0 Å². The lowest BCUT2D eigenvalue weighted by Crippen LogP contribution is -2.03. The average molecular weight is 257 g/mol. The summed E-state index contributed by atoms with van der Waals surface area (Å²) in [6.45, 7) is 0.805. The fourth-order valence-electron chi connectivity index (χ4n) is 2.49. The number of hydrogen-bond donors (Lipinski definition) is 0. The van der Waals surface area contributed by atoms with E-state index in [9.17, 15) is 4.79 Å². The second kappa shape index (κ2) is 4.97. The highest BCUT2D eigenvalue weighted by molar-refractivity contribution is 6.03. The van der Waals surface area contributed by atoms with Gasteiger partial charge in [0, 0.05) is 18.2 Å². The molecule has 3 rings (SSSR count). The van der Waals surface area contributed by atoms with Crippen molar-refractivity contribution in [2.45, 2.75) is 18.9 Å². The molecule has 1 aromatic carbocycles.